The van der Waals surface area contributed by atoms with Crippen molar-refractivity contribution in [1.82, 2.24) is 4.31 Å². The van der Waals surface area contributed by atoms with Crippen molar-refractivity contribution < 1.29 is 22.7 Å². The van der Waals surface area contributed by atoms with Crippen LogP contribution in [-0.2, 0) is 26.0 Å². The van der Waals surface area contributed by atoms with Crippen LogP contribution in [0.25, 0.3) is 0 Å². The molecule has 0 radical (unpaired) electrons. The van der Waals surface area contributed by atoms with Crippen LogP contribution in [0.2, 0.25) is 5.02 Å². The van der Waals surface area contributed by atoms with Crippen LogP contribution in [0.1, 0.15) is 36.7 Å². The van der Waals surface area contributed by atoms with Gasteiger partial charge in [-0.1, -0.05) is 44.5 Å². The van der Waals surface area contributed by atoms with E-state index < -0.39 is 28.5 Å². The number of nitrogens with zero attached hydrogens (tertiary/aromatic N) is 1. The van der Waals surface area contributed by atoms with Gasteiger partial charge in [-0.3, -0.25) is 4.79 Å². The molecule has 0 heterocycles. The minimum absolute atomic E-state index is 0.00622. The molecule has 0 bridgehead atoms. The van der Waals surface area contributed by atoms with Gasteiger partial charge in [-0.15, -0.1) is 0 Å². The summed E-state index contributed by atoms with van der Waals surface area (Å²) in [5.74, 6) is -1.32. The van der Waals surface area contributed by atoms with Gasteiger partial charge in [0.1, 0.15) is 4.90 Å². The lowest BCUT2D eigenvalue weighted by Gasteiger charge is -2.19. The van der Waals surface area contributed by atoms with Crippen LogP contribution < -0.4 is 5.32 Å². The molecule has 0 unspecified atom stereocenters. The van der Waals surface area contributed by atoms with Crippen molar-refractivity contribution >= 4 is 39.2 Å². The molecule has 0 saturated heterocycles. The minimum Gasteiger partial charge on any atom is -0.452 e. The average molecular weight is 453 g/mol. The van der Waals surface area contributed by atoms with Crippen LogP contribution in [0.3, 0.4) is 0 Å². The highest BCUT2D eigenvalue weighted by molar-refractivity contribution is 7.89. The molecule has 0 aliphatic rings. The Morgan fingerprint density at radius 3 is 2.23 bits per heavy atom. The zero-order valence-electron chi connectivity index (χ0n) is 17.1. The summed E-state index contributed by atoms with van der Waals surface area (Å²) in [6.45, 7) is 5.48. The van der Waals surface area contributed by atoms with E-state index in [1.165, 1.54) is 22.5 Å². The van der Waals surface area contributed by atoms with Gasteiger partial charge in [0.25, 0.3) is 5.91 Å². The first-order valence-corrected chi connectivity index (χ1v) is 11.4. The van der Waals surface area contributed by atoms with Gasteiger partial charge in [0.15, 0.2) is 6.61 Å². The summed E-state index contributed by atoms with van der Waals surface area (Å²) in [5.41, 5.74) is 1.72. The molecule has 0 fully saturated rings. The summed E-state index contributed by atoms with van der Waals surface area (Å²) in [4.78, 5) is 24.2. The van der Waals surface area contributed by atoms with Crippen molar-refractivity contribution in [2.75, 3.05) is 25.0 Å². The Hall–Kier alpha value is -2.42. The highest BCUT2D eigenvalue weighted by Crippen LogP contribution is 2.26. The van der Waals surface area contributed by atoms with E-state index >= 15 is 0 Å². The molecule has 30 heavy (non-hydrogen) atoms. The molecular weight excluding hydrogens is 428 g/mol. The van der Waals surface area contributed by atoms with Crippen molar-refractivity contribution in [1.29, 1.82) is 0 Å². The summed E-state index contributed by atoms with van der Waals surface area (Å²) in [7, 11) is -3.85. The molecule has 0 aliphatic carbocycles. The third-order valence-corrected chi connectivity index (χ3v) is 7.00. The fourth-order valence-electron chi connectivity index (χ4n) is 2.77. The summed E-state index contributed by atoms with van der Waals surface area (Å²) in [5, 5.41) is 2.64. The van der Waals surface area contributed by atoms with Crippen LogP contribution in [-0.4, -0.2) is 44.3 Å². The van der Waals surface area contributed by atoms with E-state index in [1.54, 1.807) is 26.0 Å². The van der Waals surface area contributed by atoms with Crippen LogP contribution >= 0.6 is 11.6 Å². The number of hydrogen-bond acceptors (Lipinski definition) is 5. The van der Waals surface area contributed by atoms with Crippen molar-refractivity contribution in [3.05, 3.63) is 58.6 Å². The molecule has 2 aromatic carbocycles. The first-order valence-electron chi connectivity index (χ1n) is 9.58. The van der Waals surface area contributed by atoms with Gasteiger partial charge in [0.2, 0.25) is 10.0 Å². The number of amides is 1. The molecule has 7 nitrogen and oxygen atoms in total. The maximum absolute atomic E-state index is 12.7. The fourth-order valence-corrected chi connectivity index (χ4v) is 4.72. The first-order chi connectivity index (χ1) is 14.2. The normalized spacial score (nSPS) is 11.4. The van der Waals surface area contributed by atoms with Gasteiger partial charge in [0, 0.05) is 18.8 Å². The number of hydrogen-bond donors (Lipinski definition) is 1. The first kappa shape index (κ1) is 23.9. The Kier molecular flexibility index (Phi) is 8.40. The van der Waals surface area contributed by atoms with E-state index in [0.717, 1.165) is 12.0 Å². The Labute approximate surface area is 182 Å². The van der Waals surface area contributed by atoms with Crippen molar-refractivity contribution in [2.45, 2.75) is 32.1 Å². The van der Waals surface area contributed by atoms with Gasteiger partial charge >= 0.3 is 5.97 Å². The van der Waals surface area contributed by atoms with E-state index in [4.69, 9.17) is 16.3 Å². The van der Waals surface area contributed by atoms with Crippen molar-refractivity contribution in [3.8, 4) is 0 Å². The number of halogens is 1. The highest BCUT2D eigenvalue weighted by atomic mass is 35.5. The summed E-state index contributed by atoms with van der Waals surface area (Å²) in [6, 6.07) is 11.2. The lowest BCUT2D eigenvalue weighted by atomic mass is 10.1. The SMILES string of the molecule is CCc1ccc(NC(=O)COC(=O)c2ccc(Cl)c(S(=O)(=O)N(CC)CC)c2)cc1. The van der Waals surface area contributed by atoms with Gasteiger partial charge in [-0.05, 0) is 42.3 Å². The smallest absolute Gasteiger partial charge is 0.338 e. The molecule has 0 saturated carbocycles. The molecule has 0 atom stereocenters. The Balaban J connectivity index is 2.07. The van der Waals surface area contributed by atoms with E-state index in [9.17, 15) is 18.0 Å². The van der Waals surface area contributed by atoms with E-state index in [0.29, 0.717) is 5.69 Å². The third-order valence-electron chi connectivity index (χ3n) is 4.47. The Morgan fingerprint density at radius 1 is 1.03 bits per heavy atom. The van der Waals surface area contributed by atoms with Crippen LogP contribution in [0.4, 0.5) is 5.69 Å². The highest BCUT2D eigenvalue weighted by Gasteiger charge is 2.26. The lowest BCUT2D eigenvalue weighted by Crippen LogP contribution is -2.31. The number of aryl methyl sites for hydroxylation is 1. The number of nitrogens with one attached hydrogen (secondary N) is 1. The van der Waals surface area contributed by atoms with Crippen LogP contribution in [0.5, 0.6) is 0 Å². The second-order valence-corrected chi connectivity index (χ2v) is 8.72. The van der Waals surface area contributed by atoms with Crippen LogP contribution in [0.15, 0.2) is 47.4 Å². The molecule has 2 rings (SSSR count). The lowest BCUT2D eigenvalue weighted by molar-refractivity contribution is -0.119. The fraction of sp³-hybridized carbons (Fsp3) is 0.333. The van der Waals surface area contributed by atoms with Gasteiger partial charge in [-0.2, -0.15) is 4.31 Å². The Bertz CT molecular complexity index is 1000. The predicted molar refractivity (Wildman–Crippen MR) is 116 cm³/mol. The quantitative estimate of drug-likeness (QED) is 0.585. The van der Waals surface area contributed by atoms with E-state index in [1.807, 2.05) is 19.1 Å². The summed E-state index contributed by atoms with van der Waals surface area (Å²) >= 11 is 6.06. The minimum atomic E-state index is -3.85. The largest absolute Gasteiger partial charge is 0.452 e. The van der Waals surface area contributed by atoms with Gasteiger partial charge in [-0.25, -0.2) is 13.2 Å². The molecule has 1 amide bonds. The predicted octanol–water partition coefficient (Wildman–Crippen LogP) is 3.73. The molecule has 9 heteroatoms. The van der Waals surface area contributed by atoms with Gasteiger partial charge in [0.05, 0.1) is 10.6 Å². The van der Waals surface area contributed by atoms with E-state index in [-0.39, 0.29) is 28.6 Å². The number of benzene rings is 2. The van der Waals surface area contributed by atoms with E-state index in [2.05, 4.69) is 5.32 Å². The standard InChI is InChI=1S/C21H25ClN2O5S/c1-4-15-7-10-17(11-8-15)23-20(25)14-29-21(26)16-9-12-18(22)19(13-16)30(27,28)24(5-2)6-3/h7-13H,4-6,14H2,1-3H3,(H,23,25). The van der Waals surface area contributed by atoms with Crippen molar-refractivity contribution in [3.63, 3.8) is 0 Å². The van der Waals surface area contributed by atoms with Crippen LogP contribution in [0, 0.1) is 0 Å². The zero-order chi connectivity index (χ0) is 22.3. The number of ether oxygens (including phenoxy) is 1. The van der Waals surface area contributed by atoms with Gasteiger partial charge < -0.3 is 10.1 Å². The van der Waals surface area contributed by atoms with Crippen molar-refractivity contribution in [2.24, 2.45) is 0 Å². The monoisotopic (exact) mass is 452 g/mol. The molecule has 2 aromatic rings. The number of esters is 1. The second kappa shape index (κ2) is 10.6. The molecule has 0 aliphatic heterocycles. The maximum atomic E-state index is 12.7. The number of carbonyl (C=O) groups is 2. The number of sulfonamides is 1. The number of rotatable bonds is 9. The maximum Gasteiger partial charge on any atom is 0.338 e. The third kappa shape index (κ3) is 5.81. The molecular formula is C21H25ClN2O5S. The zero-order valence-corrected chi connectivity index (χ0v) is 18.7. The second-order valence-electron chi connectivity index (χ2n) is 6.41. The molecule has 0 aromatic heterocycles. The number of anilines is 1. The summed E-state index contributed by atoms with van der Waals surface area (Å²) < 4.78 is 31.7. The summed E-state index contributed by atoms with van der Waals surface area (Å²) in [6.07, 6.45) is 0.888. The topological polar surface area (TPSA) is 92.8 Å². The molecule has 1 N–H and O–H groups in total. The Morgan fingerprint density at radius 2 is 1.67 bits per heavy atom. The molecule has 0 spiro atoms. The number of carbonyl (C=O) groups excluding carboxylic acids is 2. The molecule has 162 valence electrons. The average Bonchev–Trinajstić information content (AvgIpc) is 2.73.